The second-order valence-corrected chi connectivity index (χ2v) is 10.6. The zero-order valence-electron chi connectivity index (χ0n) is 18.4. The van der Waals surface area contributed by atoms with E-state index >= 15 is 0 Å². The van der Waals surface area contributed by atoms with Gasteiger partial charge in [-0.25, -0.2) is 0 Å². The van der Waals surface area contributed by atoms with Gasteiger partial charge >= 0.3 is 0 Å². The van der Waals surface area contributed by atoms with Crippen molar-refractivity contribution in [1.82, 2.24) is 5.32 Å². The van der Waals surface area contributed by atoms with Gasteiger partial charge in [-0.2, -0.15) is 5.26 Å². The van der Waals surface area contributed by atoms with Crippen LogP contribution >= 0.6 is 0 Å². The zero-order valence-corrected chi connectivity index (χ0v) is 18.4. The highest BCUT2D eigenvalue weighted by Crippen LogP contribution is 2.63. The smallest absolute Gasteiger partial charge is 0.260 e. The number of fused-ring (bicyclic) bond motifs is 5. The van der Waals surface area contributed by atoms with Crippen LogP contribution in [0.15, 0.2) is 35.9 Å². The van der Waals surface area contributed by atoms with Gasteiger partial charge in [-0.15, -0.1) is 0 Å². The lowest BCUT2D eigenvalue weighted by molar-refractivity contribution is -0.126. The summed E-state index contributed by atoms with van der Waals surface area (Å²) in [4.78, 5) is 25.9. The monoisotopic (exact) mass is 417 g/mol. The largest absolute Gasteiger partial charge is 0.348 e. The van der Waals surface area contributed by atoms with E-state index in [1.165, 1.54) is 38.5 Å². The van der Waals surface area contributed by atoms with E-state index in [0.29, 0.717) is 28.5 Å². The lowest BCUT2D eigenvalue weighted by atomic mass is 9.48. The van der Waals surface area contributed by atoms with Crippen molar-refractivity contribution < 1.29 is 9.59 Å². The molecule has 5 heteroatoms. The third kappa shape index (κ3) is 3.19. The first-order chi connectivity index (χ1) is 14.8. The average molecular weight is 418 g/mol. The van der Waals surface area contributed by atoms with Crippen LogP contribution in [0.25, 0.3) is 0 Å². The van der Waals surface area contributed by atoms with Crippen LogP contribution in [-0.4, -0.2) is 17.9 Å². The number of hydrogen-bond donors (Lipinski definition) is 2. The predicted molar refractivity (Wildman–Crippen MR) is 119 cm³/mol. The first kappa shape index (κ1) is 20.3. The second kappa shape index (κ2) is 7.22. The summed E-state index contributed by atoms with van der Waals surface area (Å²) in [5, 5.41) is 15.0. The quantitative estimate of drug-likeness (QED) is 0.693. The molecule has 5 rings (SSSR count). The first-order valence-electron chi connectivity index (χ1n) is 11.7. The van der Waals surface area contributed by atoms with Gasteiger partial charge in [-0.05, 0) is 86.0 Å². The Morgan fingerprint density at radius 1 is 1.10 bits per heavy atom. The minimum absolute atomic E-state index is 0.110. The molecule has 3 saturated carbocycles. The number of carbonyl (C=O) groups is 2. The van der Waals surface area contributed by atoms with Crippen molar-refractivity contribution >= 4 is 17.5 Å². The maximum absolute atomic E-state index is 13.0. The first-order valence-corrected chi connectivity index (χ1v) is 11.7. The van der Waals surface area contributed by atoms with E-state index in [1.54, 1.807) is 24.3 Å². The fraction of sp³-hybridized carbons (Fsp3) is 0.577. The highest BCUT2D eigenvalue weighted by molar-refractivity contribution is 6.23. The van der Waals surface area contributed by atoms with Crippen LogP contribution in [0.3, 0.4) is 0 Å². The Labute approximate surface area is 184 Å². The number of carbonyl (C=O) groups excluding carboxylic acids is 2. The van der Waals surface area contributed by atoms with Gasteiger partial charge in [0.1, 0.15) is 5.57 Å². The van der Waals surface area contributed by atoms with E-state index in [-0.39, 0.29) is 28.8 Å². The van der Waals surface area contributed by atoms with Crippen molar-refractivity contribution in [3.8, 4) is 6.07 Å². The van der Waals surface area contributed by atoms with Crippen LogP contribution < -0.4 is 10.6 Å². The SMILES string of the molecule is C[C@@]12CCC[C@H]1[C@@H]1CCC3NC(=O)C(C(=O)Nc4ccc(C#N)cc4)=C[C@]3(C)[C@@H]1CC2. The normalized spacial score (nSPS) is 38.6. The molecule has 2 amide bonds. The summed E-state index contributed by atoms with van der Waals surface area (Å²) in [7, 11) is 0. The fourth-order valence-electron chi connectivity index (χ4n) is 7.43. The highest BCUT2D eigenvalue weighted by Gasteiger charge is 2.58. The van der Waals surface area contributed by atoms with Crippen molar-refractivity contribution in [3.05, 3.63) is 41.5 Å². The molecule has 1 aliphatic heterocycles. The molecule has 0 radical (unpaired) electrons. The van der Waals surface area contributed by atoms with Gasteiger partial charge in [0.2, 0.25) is 0 Å². The molecule has 0 saturated heterocycles. The summed E-state index contributed by atoms with van der Waals surface area (Å²) in [6, 6.07) is 8.89. The van der Waals surface area contributed by atoms with E-state index in [4.69, 9.17) is 5.26 Å². The number of benzene rings is 1. The fourth-order valence-corrected chi connectivity index (χ4v) is 7.43. The second-order valence-electron chi connectivity index (χ2n) is 10.6. The Morgan fingerprint density at radius 3 is 2.61 bits per heavy atom. The summed E-state index contributed by atoms with van der Waals surface area (Å²) in [6.45, 7) is 4.75. The molecule has 1 unspecified atom stereocenters. The van der Waals surface area contributed by atoms with Crippen molar-refractivity contribution in [1.29, 1.82) is 5.26 Å². The van der Waals surface area contributed by atoms with Gasteiger partial charge in [-0.3, -0.25) is 9.59 Å². The lowest BCUT2D eigenvalue weighted by Crippen LogP contribution is -2.60. The van der Waals surface area contributed by atoms with Gasteiger partial charge in [0.05, 0.1) is 11.6 Å². The molecule has 4 aliphatic rings. The summed E-state index contributed by atoms with van der Waals surface area (Å²) in [6.07, 6.45) is 10.7. The van der Waals surface area contributed by atoms with E-state index in [9.17, 15) is 9.59 Å². The zero-order chi connectivity index (χ0) is 21.8. The van der Waals surface area contributed by atoms with E-state index in [2.05, 4.69) is 30.6 Å². The topological polar surface area (TPSA) is 82.0 Å². The van der Waals surface area contributed by atoms with Gasteiger partial charge in [0.15, 0.2) is 0 Å². The van der Waals surface area contributed by atoms with E-state index in [1.807, 2.05) is 6.08 Å². The number of amides is 2. The molecule has 162 valence electrons. The van der Waals surface area contributed by atoms with Crippen LogP contribution in [0.2, 0.25) is 0 Å². The average Bonchev–Trinajstić information content (AvgIpc) is 3.16. The number of nitrogens with zero attached hydrogens (tertiary/aromatic N) is 1. The Balaban J connectivity index is 1.43. The third-order valence-electron chi connectivity index (χ3n) is 9.08. The molecule has 2 N–H and O–H groups in total. The molecule has 31 heavy (non-hydrogen) atoms. The molecule has 5 nitrogen and oxygen atoms in total. The highest BCUT2D eigenvalue weighted by atomic mass is 16.2. The number of hydrogen-bond acceptors (Lipinski definition) is 3. The van der Waals surface area contributed by atoms with Gasteiger partial charge in [0, 0.05) is 17.1 Å². The third-order valence-corrected chi connectivity index (χ3v) is 9.08. The van der Waals surface area contributed by atoms with Crippen LogP contribution in [0.4, 0.5) is 5.69 Å². The maximum atomic E-state index is 13.0. The number of anilines is 1. The molecule has 0 spiro atoms. The van der Waals surface area contributed by atoms with Gasteiger partial charge in [-0.1, -0.05) is 26.3 Å². The van der Waals surface area contributed by atoms with Crippen LogP contribution in [-0.2, 0) is 9.59 Å². The summed E-state index contributed by atoms with van der Waals surface area (Å²) in [5.41, 5.74) is 1.65. The Kier molecular flexibility index (Phi) is 4.73. The molecular formula is C26H31N3O2. The van der Waals surface area contributed by atoms with E-state index < -0.39 is 0 Å². The van der Waals surface area contributed by atoms with Crippen molar-refractivity contribution in [3.63, 3.8) is 0 Å². The molecule has 0 bridgehead atoms. The van der Waals surface area contributed by atoms with Gasteiger partial charge < -0.3 is 10.6 Å². The van der Waals surface area contributed by atoms with Crippen LogP contribution in [0.5, 0.6) is 0 Å². The minimum atomic E-state index is -0.370. The van der Waals surface area contributed by atoms with Crippen molar-refractivity contribution in [2.75, 3.05) is 5.32 Å². The summed E-state index contributed by atoms with van der Waals surface area (Å²) >= 11 is 0. The maximum Gasteiger partial charge on any atom is 0.260 e. The van der Waals surface area contributed by atoms with Crippen molar-refractivity contribution in [2.24, 2.45) is 28.6 Å². The summed E-state index contributed by atoms with van der Waals surface area (Å²) < 4.78 is 0. The molecule has 1 aromatic rings. The Morgan fingerprint density at radius 2 is 1.87 bits per heavy atom. The molecule has 6 atom stereocenters. The Hall–Kier alpha value is -2.61. The number of nitrogens with one attached hydrogen (secondary N) is 2. The predicted octanol–water partition coefficient (Wildman–Crippen LogP) is 4.55. The molecule has 3 aliphatic carbocycles. The Bertz CT molecular complexity index is 991. The molecule has 1 heterocycles. The van der Waals surface area contributed by atoms with Gasteiger partial charge in [0.25, 0.3) is 11.8 Å². The van der Waals surface area contributed by atoms with Crippen LogP contribution in [0, 0.1) is 39.9 Å². The molecular weight excluding hydrogens is 386 g/mol. The standard InChI is InChI=1S/C26H31N3O2/c1-25-12-3-4-20(25)18-9-10-22-26(2,21(18)11-13-25)14-19(24(31)29-22)23(30)28-17-7-5-16(15-27)6-8-17/h5-8,14,18,20-22H,3-4,9-13H2,1-2H3,(H,28,30)(H,29,31)/t18-,20-,21+,22?,25-,26+/m0/s1. The lowest BCUT2D eigenvalue weighted by Gasteiger charge is -2.58. The van der Waals surface area contributed by atoms with E-state index in [0.717, 1.165) is 12.3 Å². The minimum Gasteiger partial charge on any atom is -0.348 e. The molecule has 0 aromatic heterocycles. The molecule has 1 aromatic carbocycles. The molecule has 3 fully saturated rings. The van der Waals surface area contributed by atoms with Crippen molar-refractivity contribution in [2.45, 2.75) is 64.8 Å². The number of rotatable bonds is 2. The summed E-state index contributed by atoms with van der Waals surface area (Å²) in [5.74, 6) is 1.35. The number of nitriles is 1. The van der Waals surface area contributed by atoms with Crippen LogP contribution in [0.1, 0.15) is 64.4 Å².